The highest BCUT2D eigenvalue weighted by atomic mass is 16.4. The summed E-state index contributed by atoms with van der Waals surface area (Å²) in [6.45, 7) is 4.21. The summed E-state index contributed by atoms with van der Waals surface area (Å²) in [5, 5.41) is 11.2. The topological polar surface area (TPSA) is 98.3 Å². The van der Waals surface area contributed by atoms with Crippen molar-refractivity contribution < 1.29 is 14.7 Å². The van der Waals surface area contributed by atoms with Crippen LogP contribution in [0.5, 0.6) is 0 Å². The van der Waals surface area contributed by atoms with Gasteiger partial charge in [0, 0.05) is 6.54 Å². The Morgan fingerprint density at radius 2 is 2.32 bits per heavy atom. The normalized spacial score (nSPS) is 19.0. The van der Waals surface area contributed by atoms with Crippen molar-refractivity contribution in [2.75, 3.05) is 6.54 Å². The van der Waals surface area contributed by atoms with Crippen LogP contribution >= 0.6 is 0 Å². The molecule has 118 valence electrons. The fourth-order valence-electron chi connectivity index (χ4n) is 2.72. The number of carbonyl (C=O) groups is 2. The third-order valence-electron chi connectivity index (χ3n) is 3.81. The highest BCUT2D eigenvalue weighted by Crippen LogP contribution is 2.31. The van der Waals surface area contributed by atoms with Crippen LogP contribution in [0.1, 0.15) is 44.2 Å². The standard InChI is InChI=1S/C15H20N4O3/c1-4-10-8-16-13(17-10)11-6-5-7-19(11)14(20)12(9(2)3)18-15(21)22/h1,8-9,11-12,18H,5-7H2,2-3H3,(H,16,17)(H,21,22)/t11?,12-/m0/s1. The van der Waals surface area contributed by atoms with Gasteiger partial charge in [-0.25, -0.2) is 9.78 Å². The zero-order valence-electron chi connectivity index (χ0n) is 12.7. The lowest BCUT2D eigenvalue weighted by molar-refractivity contribution is -0.135. The molecule has 1 aliphatic rings. The van der Waals surface area contributed by atoms with Gasteiger partial charge in [0.25, 0.3) is 0 Å². The Labute approximate surface area is 129 Å². The van der Waals surface area contributed by atoms with Crippen LogP contribution in [0.25, 0.3) is 0 Å². The maximum absolute atomic E-state index is 12.7. The zero-order valence-corrected chi connectivity index (χ0v) is 12.7. The van der Waals surface area contributed by atoms with Crippen LogP contribution in [0.3, 0.4) is 0 Å². The molecule has 1 saturated heterocycles. The van der Waals surface area contributed by atoms with Crippen LogP contribution in [0.4, 0.5) is 4.79 Å². The zero-order chi connectivity index (χ0) is 16.3. The fraction of sp³-hybridized carbons (Fsp3) is 0.533. The third-order valence-corrected chi connectivity index (χ3v) is 3.81. The van der Waals surface area contributed by atoms with E-state index in [-0.39, 0.29) is 17.9 Å². The molecule has 2 heterocycles. The number of carboxylic acid groups (broad SMARTS) is 1. The molecule has 0 bridgehead atoms. The van der Waals surface area contributed by atoms with Gasteiger partial charge in [0.2, 0.25) is 5.91 Å². The predicted molar refractivity (Wildman–Crippen MR) is 80.0 cm³/mol. The van der Waals surface area contributed by atoms with Gasteiger partial charge in [-0.2, -0.15) is 0 Å². The monoisotopic (exact) mass is 304 g/mol. The smallest absolute Gasteiger partial charge is 0.405 e. The summed E-state index contributed by atoms with van der Waals surface area (Å²) in [7, 11) is 0. The lowest BCUT2D eigenvalue weighted by Crippen LogP contribution is -2.50. The molecule has 7 nitrogen and oxygen atoms in total. The van der Waals surface area contributed by atoms with Gasteiger partial charge in [0.1, 0.15) is 17.6 Å². The summed E-state index contributed by atoms with van der Waals surface area (Å²) in [6.07, 6.45) is 7.31. The lowest BCUT2D eigenvalue weighted by Gasteiger charge is -2.29. The number of rotatable bonds is 4. The molecule has 0 spiro atoms. The molecule has 1 unspecified atom stereocenters. The molecular formula is C15H20N4O3. The van der Waals surface area contributed by atoms with Crippen LogP contribution in [0, 0.1) is 18.3 Å². The van der Waals surface area contributed by atoms with Crippen molar-refractivity contribution in [2.45, 2.75) is 38.8 Å². The number of terminal acetylenes is 1. The van der Waals surface area contributed by atoms with E-state index in [9.17, 15) is 9.59 Å². The summed E-state index contributed by atoms with van der Waals surface area (Å²) in [4.78, 5) is 32.5. The van der Waals surface area contributed by atoms with E-state index in [0.717, 1.165) is 12.8 Å². The van der Waals surface area contributed by atoms with E-state index < -0.39 is 12.1 Å². The highest BCUT2D eigenvalue weighted by Gasteiger charge is 2.37. The molecule has 1 aliphatic heterocycles. The molecule has 3 N–H and O–H groups in total. The van der Waals surface area contributed by atoms with Gasteiger partial charge in [0.05, 0.1) is 12.2 Å². The maximum atomic E-state index is 12.7. The second-order valence-corrected chi connectivity index (χ2v) is 5.69. The molecule has 1 aromatic rings. The van der Waals surface area contributed by atoms with Gasteiger partial charge in [-0.1, -0.05) is 19.8 Å². The SMILES string of the molecule is C#Cc1cnc(C2CCCN2C(=O)[C@@H](NC(=O)O)C(C)C)[nH]1. The van der Waals surface area contributed by atoms with E-state index in [1.807, 2.05) is 13.8 Å². The van der Waals surface area contributed by atoms with Gasteiger partial charge in [-0.3, -0.25) is 4.79 Å². The summed E-state index contributed by atoms with van der Waals surface area (Å²) in [5.74, 6) is 2.76. The van der Waals surface area contributed by atoms with E-state index in [0.29, 0.717) is 18.1 Å². The number of aromatic nitrogens is 2. The molecular weight excluding hydrogens is 284 g/mol. The van der Waals surface area contributed by atoms with E-state index in [1.165, 1.54) is 0 Å². The Hall–Kier alpha value is -2.49. The summed E-state index contributed by atoms with van der Waals surface area (Å²) >= 11 is 0. The maximum Gasteiger partial charge on any atom is 0.405 e. The molecule has 2 amide bonds. The van der Waals surface area contributed by atoms with Crippen LogP contribution in [0.15, 0.2) is 6.20 Å². The number of H-pyrrole nitrogens is 1. The summed E-state index contributed by atoms with van der Waals surface area (Å²) in [5.41, 5.74) is 0.568. The molecule has 0 saturated carbocycles. The minimum Gasteiger partial charge on any atom is -0.465 e. The fourth-order valence-corrected chi connectivity index (χ4v) is 2.72. The number of nitrogens with zero attached hydrogens (tertiary/aromatic N) is 2. The van der Waals surface area contributed by atoms with Gasteiger partial charge in [0.15, 0.2) is 0 Å². The summed E-state index contributed by atoms with van der Waals surface area (Å²) in [6, 6.07) is -0.952. The second-order valence-electron chi connectivity index (χ2n) is 5.69. The van der Waals surface area contributed by atoms with Gasteiger partial charge >= 0.3 is 6.09 Å². The summed E-state index contributed by atoms with van der Waals surface area (Å²) < 4.78 is 0. The van der Waals surface area contributed by atoms with Crippen LogP contribution in [-0.2, 0) is 4.79 Å². The largest absolute Gasteiger partial charge is 0.465 e. The van der Waals surface area contributed by atoms with Crippen molar-refractivity contribution in [1.82, 2.24) is 20.2 Å². The molecule has 0 radical (unpaired) electrons. The highest BCUT2D eigenvalue weighted by molar-refractivity contribution is 5.86. The van der Waals surface area contributed by atoms with Crippen LogP contribution in [-0.4, -0.2) is 44.6 Å². The van der Waals surface area contributed by atoms with Gasteiger partial charge < -0.3 is 20.3 Å². The number of nitrogens with one attached hydrogen (secondary N) is 2. The van der Waals surface area contributed by atoms with Crippen molar-refractivity contribution in [3.63, 3.8) is 0 Å². The average molecular weight is 304 g/mol. The van der Waals surface area contributed by atoms with E-state index in [2.05, 4.69) is 21.2 Å². The third kappa shape index (κ3) is 3.22. The van der Waals surface area contributed by atoms with Crippen molar-refractivity contribution in [3.8, 4) is 12.3 Å². The van der Waals surface area contributed by atoms with E-state index >= 15 is 0 Å². The Balaban J connectivity index is 2.19. The average Bonchev–Trinajstić information content (AvgIpc) is 3.11. The van der Waals surface area contributed by atoms with Crippen LogP contribution < -0.4 is 5.32 Å². The first-order chi connectivity index (χ1) is 10.4. The molecule has 2 atom stereocenters. The molecule has 0 aliphatic carbocycles. The number of hydrogen-bond acceptors (Lipinski definition) is 3. The predicted octanol–water partition coefficient (Wildman–Crippen LogP) is 1.35. The molecule has 1 fully saturated rings. The van der Waals surface area contributed by atoms with Crippen molar-refractivity contribution in [3.05, 3.63) is 17.7 Å². The Kier molecular flexibility index (Phi) is 4.71. The number of likely N-dealkylation sites (tertiary alicyclic amines) is 1. The Morgan fingerprint density at radius 1 is 1.59 bits per heavy atom. The Bertz CT molecular complexity index is 602. The van der Waals surface area contributed by atoms with Crippen molar-refractivity contribution in [1.29, 1.82) is 0 Å². The van der Waals surface area contributed by atoms with Crippen LogP contribution in [0.2, 0.25) is 0 Å². The van der Waals surface area contributed by atoms with Gasteiger partial charge in [-0.15, -0.1) is 6.42 Å². The number of amides is 2. The van der Waals surface area contributed by atoms with E-state index in [1.54, 1.807) is 11.1 Å². The first-order valence-corrected chi connectivity index (χ1v) is 7.25. The van der Waals surface area contributed by atoms with Crippen molar-refractivity contribution in [2.24, 2.45) is 5.92 Å². The number of imidazole rings is 1. The van der Waals surface area contributed by atoms with Crippen molar-refractivity contribution >= 4 is 12.0 Å². The first kappa shape index (κ1) is 15.9. The molecule has 7 heteroatoms. The molecule has 0 aromatic carbocycles. The molecule has 1 aromatic heterocycles. The number of aromatic amines is 1. The minimum atomic E-state index is -1.20. The second kappa shape index (κ2) is 6.52. The molecule has 2 rings (SSSR count). The number of hydrogen-bond donors (Lipinski definition) is 3. The lowest BCUT2D eigenvalue weighted by atomic mass is 10.0. The quantitative estimate of drug-likeness (QED) is 0.731. The number of carbonyl (C=O) groups excluding carboxylic acids is 1. The van der Waals surface area contributed by atoms with Gasteiger partial charge in [-0.05, 0) is 18.8 Å². The first-order valence-electron chi connectivity index (χ1n) is 7.25. The minimum absolute atomic E-state index is 0.136. The van der Waals surface area contributed by atoms with E-state index in [4.69, 9.17) is 11.5 Å². The molecule has 22 heavy (non-hydrogen) atoms. The Morgan fingerprint density at radius 3 is 2.86 bits per heavy atom.